The van der Waals surface area contributed by atoms with Gasteiger partial charge in [-0.3, -0.25) is 9.88 Å². The van der Waals surface area contributed by atoms with Gasteiger partial charge >= 0.3 is 0 Å². The van der Waals surface area contributed by atoms with Crippen LogP contribution in [0.4, 0.5) is 0 Å². The van der Waals surface area contributed by atoms with Crippen molar-refractivity contribution in [1.82, 2.24) is 20.5 Å². The summed E-state index contributed by atoms with van der Waals surface area (Å²) < 4.78 is 0. The molecule has 5 atom stereocenters. The lowest BCUT2D eigenvalue weighted by molar-refractivity contribution is -0.0113. The van der Waals surface area contributed by atoms with E-state index in [1.165, 1.54) is 68.9 Å². The molecule has 4 saturated carbocycles. The van der Waals surface area contributed by atoms with Crippen LogP contribution in [0.2, 0.25) is 0 Å². The van der Waals surface area contributed by atoms with Crippen LogP contribution in [0.1, 0.15) is 63.0 Å². The molecule has 7 aliphatic rings. The number of thiocarbonyl (C=S) groups is 1. The molecule has 4 nitrogen and oxygen atoms in total. The number of para-hydroxylation sites is 1. The molecule has 7 fully saturated rings. The topological polar surface area (TPSA) is 40.2 Å². The van der Waals surface area contributed by atoms with E-state index in [4.69, 9.17) is 12.2 Å². The van der Waals surface area contributed by atoms with Gasteiger partial charge in [-0.25, -0.2) is 0 Å². The molecule has 2 N–H and O–H groups in total. The van der Waals surface area contributed by atoms with Crippen molar-refractivity contribution in [1.29, 1.82) is 0 Å². The third-order valence-electron chi connectivity index (χ3n) is 10.3. The highest BCUT2D eigenvalue weighted by molar-refractivity contribution is 7.80. The SMILES string of the molecule is C=CC1CN2CCC1CC2[C@H](NC(=S)NC12CC3CC(CC(C3)C1)C2)c1ccnc2ccccc12. The van der Waals surface area contributed by atoms with Gasteiger partial charge in [-0.15, -0.1) is 6.58 Å². The number of pyridine rings is 1. The molecule has 0 spiro atoms. The van der Waals surface area contributed by atoms with E-state index in [-0.39, 0.29) is 11.6 Å². The lowest BCUT2D eigenvalue weighted by Gasteiger charge is -2.57. The second-order valence-electron chi connectivity index (χ2n) is 12.4. The highest BCUT2D eigenvalue weighted by atomic mass is 32.1. The summed E-state index contributed by atoms with van der Waals surface area (Å²) in [7, 11) is 0. The van der Waals surface area contributed by atoms with E-state index in [2.05, 4.69) is 63.5 Å². The van der Waals surface area contributed by atoms with E-state index >= 15 is 0 Å². The summed E-state index contributed by atoms with van der Waals surface area (Å²) in [6, 6.07) is 11.4. The van der Waals surface area contributed by atoms with Gasteiger partial charge in [-0.1, -0.05) is 24.3 Å². The standard InChI is InChI=1S/C30H38N4S/c1-2-22-18-34-10-8-23(22)14-27(34)28(25-7-9-31-26-6-4-3-5-24(25)26)32-29(35)33-30-15-19-11-20(16-30)13-21(12-19)17-30/h2-7,9,19-23,27-28H,1,8,10-18H2,(H2,32,33,35)/t19?,20?,21?,22?,23?,27?,28-,30?/m1/s1. The average molecular weight is 487 g/mol. The molecule has 0 amide bonds. The van der Waals surface area contributed by atoms with Crippen molar-refractivity contribution in [3.63, 3.8) is 0 Å². The maximum Gasteiger partial charge on any atom is 0.167 e. The van der Waals surface area contributed by atoms with Gasteiger partial charge in [-0.2, -0.15) is 0 Å². The lowest BCUT2D eigenvalue weighted by atomic mass is 9.53. The molecule has 2 aromatic rings. The van der Waals surface area contributed by atoms with Crippen molar-refractivity contribution in [2.45, 2.75) is 69.0 Å². The zero-order valence-electron chi connectivity index (χ0n) is 20.7. The fraction of sp³-hybridized carbons (Fsp3) is 0.600. The predicted molar refractivity (Wildman–Crippen MR) is 146 cm³/mol. The number of nitrogens with one attached hydrogen (secondary N) is 2. The van der Waals surface area contributed by atoms with E-state index in [0.29, 0.717) is 12.0 Å². The number of hydrogen-bond acceptors (Lipinski definition) is 3. The summed E-state index contributed by atoms with van der Waals surface area (Å²) in [6.45, 7) is 6.44. The van der Waals surface area contributed by atoms with Gasteiger partial charge in [0.15, 0.2) is 5.11 Å². The Morgan fingerprint density at radius 1 is 1.09 bits per heavy atom. The Hall–Kier alpha value is -1.98. The molecule has 3 saturated heterocycles. The zero-order chi connectivity index (χ0) is 23.6. The van der Waals surface area contributed by atoms with Crippen molar-refractivity contribution >= 4 is 28.2 Å². The second kappa shape index (κ2) is 8.55. The first kappa shape index (κ1) is 22.2. The van der Waals surface area contributed by atoms with Gasteiger partial charge in [-0.05, 0) is 117 Å². The zero-order valence-corrected chi connectivity index (χ0v) is 21.5. The van der Waals surface area contributed by atoms with Gasteiger partial charge in [0.05, 0.1) is 11.6 Å². The van der Waals surface area contributed by atoms with Crippen molar-refractivity contribution in [2.24, 2.45) is 29.6 Å². The summed E-state index contributed by atoms with van der Waals surface area (Å²) in [5.74, 6) is 4.07. The number of aromatic nitrogens is 1. The van der Waals surface area contributed by atoms with E-state index in [9.17, 15) is 0 Å². The number of nitrogens with zero attached hydrogens (tertiary/aromatic N) is 2. The van der Waals surface area contributed by atoms with Crippen molar-refractivity contribution in [3.8, 4) is 0 Å². The Morgan fingerprint density at radius 3 is 2.51 bits per heavy atom. The van der Waals surface area contributed by atoms with E-state index < -0.39 is 0 Å². The summed E-state index contributed by atoms with van der Waals surface area (Å²) >= 11 is 6.12. The second-order valence-corrected chi connectivity index (χ2v) is 12.8. The molecule has 0 radical (unpaired) electrons. The maximum atomic E-state index is 6.12. The summed E-state index contributed by atoms with van der Waals surface area (Å²) in [6.07, 6.45) is 14.9. The molecule has 9 rings (SSSR count). The number of piperidine rings is 3. The average Bonchev–Trinajstić information content (AvgIpc) is 2.86. The first-order valence-electron chi connectivity index (χ1n) is 13.9. The number of hydrogen-bond donors (Lipinski definition) is 2. The number of rotatable bonds is 5. The first-order chi connectivity index (χ1) is 17.1. The van der Waals surface area contributed by atoms with Gasteiger partial charge in [0, 0.05) is 29.7 Å². The predicted octanol–water partition coefficient (Wildman–Crippen LogP) is 5.61. The van der Waals surface area contributed by atoms with Gasteiger partial charge < -0.3 is 10.6 Å². The third-order valence-corrected chi connectivity index (χ3v) is 10.5. The highest BCUT2D eigenvalue weighted by Crippen LogP contribution is 2.55. The molecule has 4 unspecified atom stereocenters. The van der Waals surface area contributed by atoms with Crippen LogP contribution in [-0.2, 0) is 0 Å². The van der Waals surface area contributed by atoms with Crippen LogP contribution in [0.25, 0.3) is 10.9 Å². The fourth-order valence-corrected chi connectivity index (χ4v) is 9.52. The minimum absolute atomic E-state index is 0.158. The molecule has 184 valence electrons. The molecule has 6 bridgehead atoms. The maximum absolute atomic E-state index is 6.12. The summed E-state index contributed by atoms with van der Waals surface area (Å²) in [5.41, 5.74) is 2.62. The monoisotopic (exact) mass is 486 g/mol. The van der Waals surface area contributed by atoms with Crippen molar-refractivity contribution in [3.05, 3.63) is 54.7 Å². The number of benzene rings is 1. The quantitative estimate of drug-likeness (QED) is 0.425. The van der Waals surface area contributed by atoms with Crippen molar-refractivity contribution in [2.75, 3.05) is 13.1 Å². The summed E-state index contributed by atoms with van der Waals surface area (Å²) in [4.78, 5) is 7.37. The molecular weight excluding hydrogens is 448 g/mol. The van der Waals surface area contributed by atoms with E-state index in [1.54, 1.807) is 0 Å². The number of fused-ring (bicyclic) bond motifs is 4. The molecule has 35 heavy (non-hydrogen) atoms. The first-order valence-corrected chi connectivity index (χ1v) is 14.3. The van der Waals surface area contributed by atoms with E-state index in [0.717, 1.165) is 40.8 Å². The van der Waals surface area contributed by atoms with Gasteiger partial charge in [0.2, 0.25) is 0 Å². The Morgan fingerprint density at radius 2 is 1.83 bits per heavy atom. The van der Waals surface area contributed by atoms with Crippen LogP contribution in [0, 0.1) is 29.6 Å². The van der Waals surface area contributed by atoms with Gasteiger partial charge in [0.25, 0.3) is 0 Å². The van der Waals surface area contributed by atoms with Crippen molar-refractivity contribution < 1.29 is 0 Å². The lowest BCUT2D eigenvalue weighted by Crippen LogP contribution is -2.63. The van der Waals surface area contributed by atoms with Gasteiger partial charge in [0.1, 0.15) is 0 Å². The summed E-state index contributed by atoms with van der Waals surface area (Å²) in [5, 5.41) is 9.96. The largest absolute Gasteiger partial charge is 0.357 e. The molecule has 5 heteroatoms. The molecule has 1 aromatic carbocycles. The molecule has 4 aliphatic carbocycles. The van der Waals surface area contributed by atoms with Crippen LogP contribution < -0.4 is 10.6 Å². The highest BCUT2D eigenvalue weighted by Gasteiger charge is 2.51. The molecule has 4 heterocycles. The van der Waals surface area contributed by atoms with E-state index in [1.807, 2.05) is 6.20 Å². The smallest absolute Gasteiger partial charge is 0.167 e. The minimum atomic E-state index is 0.158. The molecular formula is C30H38N4S. The third kappa shape index (κ3) is 3.90. The van der Waals surface area contributed by atoms with Crippen LogP contribution in [0.5, 0.6) is 0 Å². The molecule has 3 aliphatic heterocycles. The Bertz CT molecular complexity index is 1100. The normalized spacial score (nSPS) is 39.9. The van der Waals surface area contributed by atoms with Crippen LogP contribution in [-0.4, -0.2) is 39.7 Å². The molecule has 1 aromatic heterocycles. The Labute approximate surface area is 214 Å². The Kier molecular flexibility index (Phi) is 5.43. The fourth-order valence-electron chi connectivity index (χ4n) is 9.18. The van der Waals surface area contributed by atoms with Crippen LogP contribution >= 0.6 is 12.2 Å². The Balaban J connectivity index is 1.19. The van der Waals surface area contributed by atoms with Crippen LogP contribution in [0.3, 0.4) is 0 Å². The van der Waals surface area contributed by atoms with Crippen LogP contribution in [0.15, 0.2) is 49.2 Å². The minimum Gasteiger partial charge on any atom is -0.357 e.